The van der Waals surface area contributed by atoms with E-state index in [9.17, 15) is 5.11 Å². The monoisotopic (exact) mass is 331 g/mol. The molecule has 0 aromatic carbocycles. The lowest BCUT2D eigenvalue weighted by atomic mass is 9.79. The Morgan fingerprint density at radius 2 is 1.92 bits per heavy atom. The van der Waals surface area contributed by atoms with Crippen molar-refractivity contribution < 1.29 is 5.11 Å². The van der Waals surface area contributed by atoms with Crippen molar-refractivity contribution in [3.05, 3.63) is 12.3 Å². The second-order valence-electron chi connectivity index (χ2n) is 7.95. The zero-order valence-electron chi connectivity index (χ0n) is 14.7. The highest BCUT2D eigenvalue weighted by atomic mass is 16.3. The van der Waals surface area contributed by atoms with E-state index >= 15 is 0 Å². The van der Waals surface area contributed by atoms with Crippen molar-refractivity contribution in [1.82, 2.24) is 14.9 Å². The smallest absolute Gasteiger partial charge is 0.227 e. The molecular formula is C18H29N5O. The molecule has 1 aromatic heterocycles. The van der Waals surface area contributed by atoms with Gasteiger partial charge in [-0.05, 0) is 51.8 Å². The molecule has 0 radical (unpaired) electrons. The number of aromatic nitrogens is 2. The van der Waals surface area contributed by atoms with Crippen molar-refractivity contribution in [3.63, 3.8) is 0 Å². The van der Waals surface area contributed by atoms with E-state index in [4.69, 9.17) is 4.98 Å². The summed E-state index contributed by atoms with van der Waals surface area (Å²) >= 11 is 0. The largest absolute Gasteiger partial charge is 0.393 e. The second kappa shape index (κ2) is 6.48. The lowest BCUT2D eigenvalue weighted by Crippen LogP contribution is -2.45. The van der Waals surface area contributed by atoms with Crippen LogP contribution in [0.4, 0.5) is 11.8 Å². The summed E-state index contributed by atoms with van der Waals surface area (Å²) < 4.78 is 0. The fraction of sp³-hybridized carbons (Fsp3) is 0.778. The van der Waals surface area contributed by atoms with Crippen molar-refractivity contribution in [2.24, 2.45) is 5.41 Å². The molecule has 1 unspecified atom stereocenters. The van der Waals surface area contributed by atoms with E-state index in [1.54, 1.807) is 0 Å². The number of anilines is 2. The number of rotatable bonds is 2. The molecule has 0 amide bonds. The first-order valence-corrected chi connectivity index (χ1v) is 9.33. The van der Waals surface area contributed by atoms with Crippen LogP contribution in [0, 0.1) is 5.41 Å². The molecule has 1 aromatic rings. The van der Waals surface area contributed by atoms with Crippen LogP contribution in [0.3, 0.4) is 0 Å². The number of likely N-dealkylation sites (tertiary alicyclic amines) is 1. The first-order chi connectivity index (χ1) is 11.6. The summed E-state index contributed by atoms with van der Waals surface area (Å²) in [6.45, 7) is 6.32. The summed E-state index contributed by atoms with van der Waals surface area (Å²) in [5.74, 6) is 1.89. The van der Waals surface area contributed by atoms with Gasteiger partial charge in [0.15, 0.2) is 0 Å². The van der Waals surface area contributed by atoms with Crippen LogP contribution < -0.4 is 9.80 Å². The Bertz CT molecular complexity index is 570. The molecule has 1 N–H and O–H groups in total. The van der Waals surface area contributed by atoms with Crippen molar-refractivity contribution >= 4 is 11.8 Å². The highest BCUT2D eigenvalue weighted by Crippen LogP contribution is 2.39. The van der Waals surface area contributed by atoms with Gasteiger partial charge >= 0.3 is 0 Å². The summed E-state index contributed by atoms with van der Waals surface area (Å²) in [6.07, 6.45) is 7.27. The van der Waals surface area contributed by atoms with Crippen LogP contribution in [0.1, 0.15) is 32.1 Å². The number of piperidine rings is 2. The van der Waals surface area contributed by atoms with Crippen molar-refractivity contribution in [1.29, 1.82) is 0 Å². The van der Waals surface area contributed by atoms with Gasteiger partial charge in [-0.25, -0.2) is 4.98 Å². The predicted molar refractivity (Wildman–Crippen MR) is 95.5 cm³/mol. The number of nitrogens with zero attached hydrogens (tertiary/aromatic N) is 5. The van der Waals surface area contributed by atoms with Gasteiger partial charge in [0.1, 0.15) is 5.82 Å². The van der Waals surface area contributed by atoms with Crippen molar-refractivity contribution in [2.45, 2.75) is 38.2 Å². The average molecular weight is 331 g/mol. The molecule has 1 spiro atoms. The maximum Gasteiger partial charge on any atom is 0.227 e. The minimum Gasteiger partial charge on any atom is -0.393 e. The Hall–Kier alpha value is -1.40. The predicted octanol–water partition coefficient (Wildman–Crippen LogP) is 1.36. The van der Waals surface area contributed by atoms with E-state index in [0.717, 1.165) is 50.8 Å². The quantitative estimate of drug-likeness (QED) is 0.883. The Labute approximate surface area is 144 Å². The minimum absolute atomic E-state index is 0.149. The van der Waals surface area contributed by atoms with Gasteiger partial charge in [-0.3, -0.25) is 0 Å². The number of hydrogen-bond donors (Lipinski definition) is 1. The standard InChI is InChI=1S/C18H29N5O/c1-21-12-7-18(13-21)6-2-9-23(14-18)17-19-8-3-16(20-17)22-10-4-15(24)5-11-22/h3,8,15,24H,2,4-7,9-14H2,1H3. The van der Waals surface area contributed by atoms with E-state index < -0.39 is 0 Å². The average Bonchev–Trinajstić information content (AvgIpc) is 2.95. The van der Waals surface area contributed by atoms with Crippen LogP contribution in [0.15, 0.2) is 12.3 Å². The third-order valence-electron chi connectivity index (χ3n) is 5.99. The maximum atomic E-state index is 9.70. The summed E-state index contributed by atoms with van der Waals surface area (Å²) in [6, 6.07) is 2.00. The van der Waals surface area contributed by atoms with E-state index in [1.807, 2.05) is 12.3 Å². The third-order valence-corrected chi connectivity index (χ3v) is 5.99. The van der Waals surface area contributed by atoms with Crippen LogP contribution in [-0.2, 0) is 0 Å². The van der Waals surface area contributed by atoms with Crippen LogP contribution >= 0.6 is 0 Å². The van der Waals surface area contributed by atoms with Crippen LogP contribution in [-0.4, -0.2) is 72.4 Å². The maximum absolute atomic E-state index is 9.70. The van der Waals surface area contributed by atoms with E-state index in [1.165, 1.54) is 32.4 Å². The Balaban J connectivity index is 1.49. The van der Waals surface area contributed by atoms with Gasteiger partial charge in [0.25, 0.3) is 0 Å². The van der Waals surface area contributed by atoms with E-state index in [2.05, 4.69) is 26.7 Å². The van der Waals surface area contributed by atoms with Gasteiger partial charge in [0.05, 0.1) is 6.10 Å². The van der Waals surface area contributed by atoms with Crippen molar-refractivity contribution in [2.75, 3.05) is 56.1 Å². The fourth-order valence-corrected chi connectivity index (χ4v) is 4.63. The summed E-state index contributed by atoms with van der Waals surface area (Å²) in [7, 11) is 2.23. The number of aliphatic hydroxyl groups excluding tert-OH is 1. The minimum atomic E-state index is -0.149. The Morgan fingerprint density at radius 3 is 2.67 bits per heavy atom. The number of hydrogen-bond acceptors (Lipinski definition) is 6. The molecule has 132 valence electrons. The molecule has 3 fully saturated rings. The molecule has 4 heterocycles. The van der Waals surface area contributed by atoms with Crippen LogP contribution in [0.5, 0.6) is 0 Å². The van der Waals surface area contributed by atoms with Gasteiger partial charge in [0.2, 0.25) is 5.95 Å². The topological polar surface area (TPSA) is 55.7 Å². The van der Waals surface area contributed by atoms with Gasteiger partial charge in [-0.2, -0.15) is 4.98 Å². The lowest BCUT2D eigenvalue weighted by molar-refractivity contribution is 0.145. The highest BCUT2D eigenvalue weighted by Gasteiger charge is 2.40. The SMILES string of the molecule is CN1CCC2(CCCN(c3nccc(N4CCC(O)CC4)n3)C2)C1. The van der Waals surface area contributed by atoms with Crippen LogP contribution in [0.2, 0.25) is 0 Å². The summed E-state index contributed by atoms with van der Waals surface area (Å²) in [4.78, 5) is 16.6. The van der Waals surface area contributed by atoms with Crippen molar-refractivity contribution in [3.8, 4) is 0 Å². The highest BCUT2D eigenvalue weighted by molar-refractivity contribution is 5.44. The van der Waals surface area contributed by atoms with Crippen LogP contribution in [0.25, 0.3) is 0 Å². The molecule has 3 aliphatic heterocycles. The molecule has 24 heavy (non-hydrogen) atoms. The molecule has 3 saturated heterocycles. The summed E-state index contributed by atoms with van der Waals surface area (Å²) in [5, 5.41) is 9.70. The second-order valence-corrected chi connectivity index (χ2v) is 7.95. The molecular weight excluding hydrogens is 302 g/mol. The molecule has 0 bridgehead atoms. The van der Waals surface area contributed by atoms with E-state index in [0.29, 0.717) is 5.41 Å². The zero-order valence-corrected chi connectivity index (χ0v) is 14.7. The Kier molecular flexibility index (Phi) is 4.35. The normalized spacial score (nSPS) is 29.6. The molecule has 0 aliphatic carbocycles. The lowest BCUT2D eigenvalue weighted by Gasteiger charge is -2.40. The van der Waals surface area contributed by atoms with Gasteiger partial charge in [-0.1, -0.05) is 0 Å². The first-order valence-electron chi connectivity index (χ1n) is 9.33. The molecule has 6 nitrogen and oxygen atoms in total. The Morgan fingerprint density at radius 1 is 1.08 bits per heavy atom. The van der Waals surface area contributed by atoms with Gasteiger partial charge in [0, 0.05) is 44.3 Å². The number of aliphatic hydroxyl groups is 1. The third kappa shape index (κ3) is 3.22. The molecule has 1 atom stereocenters. The summed E-state index contributed by atoms with van der Waals surface area (Å²) in [5.41, 5.74) is 0.432. The van der Waals surface area contributed by atoms with Gasteiger partial charge in [-0.15, -0.1) is 0 Å². The molecule has 4 rings (SSSR count). The molecule has 6 heteroatoms. The first kappa shape index (κ1) is 16.1. The van der Waals surface area contributed by atoms with E-state index in [-0.39, 0.29) is 6.10 Å². The fourth-order valence-electron chi connectivity index (χ4n) is 4.63. The zero-order chi connectivity index (χ0) is 16.6. The molecule has 3 aliphatic rings. The van der Waals surface area contributed by atoms with Gasteiger partial charge < -0.3 is 19.8 Å². The molecule has 0 saturated carbocycles.